The number of rotatable bonds is 6. The van der Waals surface area contributed by atoms with Crippen LogP contribution in [0.4, 0.5) is 0 Å². The molecule has 8 heteroatoms. The van der Waals surface area contributed by atoms with Crippen LogP contribution in [-0.2, 0) is 21.2 Å². The molecule has 0 saturated carbocycles. The van der Waals surface area contributed by atoms with Gasteiger partial charge in [0.2, 0.25) is 5.91 Å². The van der Waals surface area contributed by atoms with Crippen LogP contribution < -0.4 is 0 Å². The van der Waals surface area contributed by atoms with Crippen LogP contribution in [0.3, 0.4) is 0 Å². The van der Waals surface area contributed by atoms with Crippen LogP contribution >= 0.6 is 23.1 Å². The lowest BCUT2D eigenvalue weighted by molar-refractivity contribution is -0.130. The summed E-state index contributed by atoms with van der Waals surface area (Å²) < 4.78 is 23.6. The summed E-state index contributed by atoms with van der Waals surface area (Å²) in [6, 6.07) is 10.3. The lowest BCUT2D eigenvalue weighted by Crippen LogP contribution is -2.41. The van der Waals surface area contributed by atoms with E-state index in [9.17, 15) is 18.3 Å². The minimum absolute atomic E-state index is 0.0496. The molecule has 1 aromatic heterocycles. The van der Waals surface area contributed by atoms with Gasteiger partial charge in [-0.1, -0.05) is 6.07 Å². The SMILES string of the molecule is O=C(CSc1ccc(O)cc1)N(Cc1cccs1)C1CCS(=O)(=O)C1. The van der Waals surface area contributed by atoms with Crippen molar-refractivity contribution in [3.05, 3.63) is 46.7 Å². The van der Waals surface area contributed by atoms with Crippen molar-refractivity contribution in [2.45, 2.75) is 23.9 Å². The first-order chi connectivity index (χ1) is 11.9. The van der Waals surface area contributed by atoms with Gasteiger partial charge in [-0.05, 0) is 42.1 Å². The molecule has 0 spiro atoms. The Morgan fingerprint density at radius 2 is 2.04 bits per heavy atom. The van der Waals surface area contributed by atoms with Crippen LogP contribution in [0, 0.1) is 0 Å². The van der Waals surface area contributed by atoms with E-state index in [0.717, 1.165) is 9.77 Å². The number of hydrogen-bond acceptors (Lipinski definition) is 6. The molecule has 0 radical (unpaired) electrons. The van der Waals surface area contributed by atoms with E-state index in [4.69, 9.17) is 0 Å². The molecule has 0 aliphatic carbocycles. The largest absolute Gasteiger partial charge is 0.508 e. The third kappa shape index (κ3) is 4.99. The van der Waals surface area contributed by atoms with Crippen LogP contribution in [0.25, 0.3) is 0 Å². The Balaban J connectivity index is 1.69. The zero-order valence-corrected chi connectivity index (χ0v) is 15.9. The van der Waals surface area contributed by atoms with E-state index in [1.54, 1.807) is 40.5 Å². The zero-order valence-electron chi connectivity index (χ0n) is 13.5. The molecular weight excluding hydrogens is 378 g/mol. The van der Waals surface area contributed by atoms with E-state index in [1.165, 1.54) is 11.8 Å². The van der Waals surface area contributed by atoms with Gasteiger partial charge in [0.15, 0.2) is 9.84 Å². The van der Waals surface area contributed by atoms with Crippen LogP contribution in [-0.4, -0.2) is 47.6 Å². The van der Waals surface area contributed by atoms with Crippen molar-refractivity contribution in [2.75, 3.05) is 17.3 Å². The van der Waals surface area contributed by atoms with Gasteiger partial charge >= 0.3 is 0 Å². The van der Waals surface area contributed by atoms with Crippen molar-refractivity contribution in [1.82, 2.24) is 4.90 Å². The second kappa shape index (κ2) is 7.80. The van der Waals surface area contributed by atoms with Crippen molar-refractivity contribution in [1.29, 1.82) is 0 Å². The van der Waals surface area contributed by atoms with E-state index in [2.05, 4.69) is 0 Å². The van der Waals surface area contributed by atoms with E-state index < -0.39 is 9.84 Å². The fraction of sp³-hybridized carbons (Fsp3) is 0.353. The van der Waals surface area contributed by atoms with Crippen molar-refractivity contribution < 1.29 is 18.3 Å². The molecule has 0 bridgehead atoms. The topological polar surface area (TPSA) is 74.7 Å². The van der Waals surface area contributed by atoms with Gasteiger partial charge in [-0.15, -0.1) is 23.1 Å². The number of phenolic OH excluding ortho intramolecular Hbond substituents is 1. The summed E-state index contributed by atoms with van der Waals surface area (Å²) in [4.78, 5) is 16.4. The monoisotopic (exact) mass is 397 g/mol. The first kappa shape index (κ1) is 18.3. The molecule has 2 heterocycles. The fourth-order valence-electron chi connectivity index (χ4n) is 2.78. The highest BCUT2D eigenvalue weighted by Crippen LogP contribution is 2.25. The van der Waals surface area contributed by atoms with Crippen molar-refractivity contribution in [2.24, 2.45) is 0 Å². The number of thiophene rings is 1. The average molecular weight is 398 g/mol. The Bertz CT molecular complexity index is 816. The maximum atomic E-state index is 12.8. The second-order valence-electron chi connectivity index (χ2n) is 5.94. The Labute approximate surface area is 155 Å². The number of carbonyl (C=O) groups excluding carboxylic acids is 1. The molecule has 134 valence electrons. The third-order valence-corrected chi connectivity index (χ3v) is 7.68. The normalized spacial score (nSPS) is 19.0. The number of phenols is 1. The Morgan fingerprint density at radius 1 is 1.28 bits per heavy atom. The van der Waals surface area contributed by atoms with Gasteiger partial charge in [-0.3, -0.25) is 4.79 Å². The van der Waals surface area contributed by atoms with Crippen LogP contribution in [0.2, 0.25) is 0 Å². The number of benzene rings is 1. The summed E-state index contributed by atoms with van der Waals surface area (Å²) in [5.41, 5.74) is 0. The third-order valence-electron chi connectivity index (χ3n) is 4.07. The van der Waals surface area contributed by atoms with E-state index in [-0.39, 0.29) is 35.0 Å². The zero-order chi connectivity index (χ0) is 17.9. The number of nitrogens with zero attached hydrogens (tertiary/aromatic N) is 1. The molecule has 1 amide bonds. The number of amides is 1. The number of sulfone groups is 1. The fourth-order valence-corrected chi connectivity index (χ4v) is 6.00. The Kier molecular flexibility index (Phi) is 5.71. The van der Waals surface area contributed by atoms with Crippen LogP contribution in [0.1, 0.15) is 11.3 Å². The molecule has 1 fully saturated rings. The molecule has 1 saturated heterocycles. The molecule has 1 atom stereocenters. The summed E-state index contributed by atoms with van der Waals surface area (Å²) in [6.07, 6.45) is 0.503. The summed E-state index contributed by atoms with van der Waals surface area (Å²) >= 11 is 2.95. The van der Waals surface area contributed by atoms with Crippen molar-refractivity contribution >= 4 is 38.8 Å². The van der Waals surface area contributed by atoms with E-state index in [0.29, 0.717) is 13.0 Å². The summed E-state index contributed by atoms with van der Waals surface area (Å²) in [5.74, 6) is 0.567. The number of hydrogen-bond donors (Lipinski definition) is 1. The highest BCUT2D eigenvalue weighted by atomic mass is 32.2. The molecule has 1 aliphatic heterocycles. The summed E-state index contributed by atoms with van der Waals surface area (Å²) in [5, 5.41) is 11.3. The maximum absolute atomic E-state index is 12.8. The molecule has 3 rings (SSSR count). The maximum Gasteiger partial charge on any atom is 0.233 e. The lowest BCUT2D eigenvalue weighted by Gasteiger charge is -2.28. The van der Waals surface area contributed by atoms with Crippen LogP contribution in [0.5, 0.6) is 5.75 Å². The van der Waals surface area contributed by atoms with Gasteiger partial charge in [0.05, 0.1) is 23.8 Å². The van der Waals surface area contributed by atoms with Gasteiger partial charge in [0.25, 0.3) is 0 Å². The minimum Gasteiger partial charge on any atom is -0.508 e. The number of thioether (sulfide) groups is 1. The first-order valence-corrected chi connectivity index (χ1v) is 11.6. The molecule has 1 N–H and O–H groups in total. The number of carbonyl (C=O) groups is 1. The highest BCUT2D eigenvalue weighted by molar-refractivity contribution is 8.00. The predicted octanol–water partition coefficient (Wildman–Crippen LogP) is 2.76. The predicted molar refractivity (Wildman–Crippen MR) is 101 cm³/mol. The summed E-state index contributed by atoms with van der Waals surface area (Å²) in [7, 11) is -3.05. The Hall–Kier alpha value is -1.51. The van der Waals surface area contributed by atoms with Gasteiger partial charge in [0, 0.05) is 15.8 Å². The molecule has 2 aromatic rings. The molecule has 1 aromatic carbocycles. The Morgan fingerprint density at radius 3 is 2.64 bits per heavy atom. The molecule has 1 unspecified atom stereocenters. The standard InChI is InChI=1S/C17H19NO4S3/c19-14-3-5-15(6-4-14)24-11-17(20)18(10-16-2-1-8-23-16)13-7-9-25(21,22)12-13/h1-6,8,13,19H,7,9-12H2. The minimum atomic E-state index is -3.05. The lowest BCUT2D eigenvalue weighted by atomic mass is 10.2. The summed E-state index contributed by atoms with van der Waals surface area (Å²) in [6.45, 7) is 0.451. The molecule has 1 aliphatic rings. The van der Waals surface area contributed by atoms with E-state index in [1.807, 2.05) is 17.5 Å². The first-order valence-electron chi connectivity index (χ1n) is 7.87. The van der Waals surface area contributed by atoms with Gasteiger partial charge in [-0.2, -0.15) is 0 Å². The smallest absolute Gasteiger partial charge is 0.233 e. The second-order valence-corrected chi connectivity index (χ2v) is 10.3. The van der Waals surface area contributed by atoms with E-state index >= 15 is 0 Å². The van der Waals surface area contributed by atoms with Crippen molar-refractivity contribution in [3.8, 4) is 5.75 Å². The van der Waals surface area contributed by atoms with Gasteiger partial charge in [-0.25, -0.2) is 8.42 Å². The van der Waals surface area contributed by atoms with Gasteiger partial charge < -0.3 is 10.0 Å². The van der Waals surface area contributed by atoms with Crippen molar-refractivity contribution in [3.63, 3.8) is 0 Å². The highest BCUT2D eigenvalue weighted by Gasteiger charge is 2.34. The van der Waals surface area contributed by atoms with Gasteiger partial charge in [0.1, 0.15) is 5.75 Å². The molecular formula is C17H19NO4S3. The molecule has 25 heavy (non-hydrogen) atoms. The average Bonchev–Trinajstić information content (AvgIpc) is 3.21. The number of aromatic hydroxyl groups is 1. The van der Waals surface area contributed by atoms with Crippen LogP contribution in [0.15, 0.2) is 46.7 Å². The quantitative estimate of drug-likeness (QED) is 0.759. The molecule has 5 nitrogen and oxygen atoms in total.